The van der Waals surface area contributed by atoms with Gasteiger partial charge in [0.15, 0.2) is 0 Å². The second kappa shape index (κ2) is 4.52. The van der Waals surface area contributed by atoms with Crippen molar-refractivity contribution in [2.45, 2.75) is 51.0 Å². The largest absolute Gasteiger partial charge is 0.460 e. The quantitative estimate of drug-likeness (QED) is 0.705. The van der Waals surface area contributed by atoms with Crippen molar-refractivity contribution in [1.82, 2.24) is 4.90 Å². The van der Waals surface area contributed by atoms with Gasteiger partial charge >= 0.3 is 12.1 Å². The van der Waals surface area contributed by atoms with E-state index in [2.05, 4.69) is 0 Å². The Balaban J connectivity index is 2.16. The number of carbonyl (C=O) groups excluding carboxylic acids is 2. The standard InChI is InChI=1S/C11H17NO5/c1-3-7-4-9(17-6(2)13)10(14)8-5-16-11(15)12(7)8/h7-10,14H,3-5H2,1-2H3/t7-,8-,9+,10+/m1/s1. The molecule has 2 fully saturated rings. The summed E-state index contributed by atoms with van der Waals surface area (Å²) in [5.41, 5.74) is 0. The number of amides is 1. The van der Waals surface area contributed by atoms with Crippen LogP contribution in [0.3, 0.4) is 0 Å². The first-order chi connectivity index (χ1) is 8.04. The maximum absolute atomic E-state index is 11.5. The summed E-state index contributed by atoms with van der Waals surface area (Å²) in [6, 6.07) is -0.437. The van der Waals surface area contributed by atoms with Crippen molar-refractivity contribution in [3.05, 3.63) is 0 Å². The number of piperidine rings is 1. The summed E-state index contributed by atoms with van der Waals surface area (Å²) >= 11 is 0. The molecule has 0 aliphatic carbocycles. The average Bonchev–Trinajstić information content (AvgIpc) is 2.65. The van der Waals surface area contributed by atoms with Crippen LogP contribution in [0.25, 0.3) is 0 Å². The van der Waals surface area contributed by atoms with E-state index < -0.39 is 24.2 Å². The smallest absolute Gasteiger partial charge is 0.410 e. The van der Waals surface area contributed by atoms with Crippen LogP contribution < -0.4 is 0 Å². The number of cyclic esters (lactones) is 1. The van der Waals surface area contributed by atoms with Crippen LogP contribution in [0.15, 0.2) is 0 Å². The molecule has 0 bridgehead atoms. The predicted octanol–water partition coefficient (Wildman–Crippen LogP) is 0.282. The Morgan fingerprint density at radius 2 is 2.35 bits per heavy atom. The zero-order valence-electron chi connectivity index (χ0n) is 9.96. The highest BCUT2D eigenvalue weighted by Crippen LogP contribution is 2.31. The predicted molar refractivity (Wildman–Crippen MR) is 57.2 cm³/mol. The van der Waals surface area contributed by atoms with E-state index in [9.17, 15) is 14.7 Å². The molecule has 2 aliphatic heterocycles. The molecule has 6 nitrogen and oxygen atoms in total. The van der Waals surface area contributed by atoms with Crippen LogP contribution in [-0.2, 0) is 14.3 Å². The molecule has 6 heteroatoms. The molecule has 1 N–H and O–H groups in total. The molecule has 0 aromatic heterocycles. The molecule has 4 atom stereocenters. The monoisotopic (exact) mass is 243 g/mol. The van der Waals surface area contributed by atoms with E-state index in [1.54, 1.807) is 4.90 Å². The van der Waals surface area contributed by atoms with E-state index in [1.165, 1.54) is 6.92 Å². The molecule has 1 amide bonds. The van der Waals surface area contributed by atoms with Gasteiger partial charge in [-0.25, -0.2) is 4.79 Å². The summed E-state index contributed by atoms with van der Waals surface area (Å²) in [7, 11) is 0. The van der Waals surface area contributed by atoms with Gasteiger partial charge in [0.2, 0.25) is 0 Å². The number of aliphatic hydroxyl groups excluding tert-OH is 1. The average molecular weight is 243 g/mol. The van der Waals surface area contributed by atoms with Crippen molar-refractivity contribution in [2.24, 2.45) is 0 Å². The fourth-order valence-electron chi connectivity index (χ4n) is 2.59. The number of ether oxygens (including phenoxy) is 2. The van der Waals surface area contributed by atoms with Crippen LogP contribution in [0.1, 0.15) is 26.7 Å². The van der Waals surface area contributed by atoms with Crippen LogP contribution in [0, 0.1) is 0 Å². The van der Waals surface area contributed by atoms with Gasteiger partial charge in [-0.15, -0.1) is 0 Å². The zero-order chi connectivity index (χ0) is 12.6. The molecule has 2 saturated heterocycles. The van der Waals surface area contributed by atoms with E-state index in [0.717, 1.165) is 6.42 Å². The van der Waals surface area contributed by atoms with Crippen molar-refractivity contribution in [1.29, 1.82) is 0 Å². The highest BCUT2D eigenvalue weighted by molar-refractivity contribution is 5.71. The first kappa shape index (κ1) is 12.2. The van der Waals surface area contributed by atoms with Gasteiger partial charge in [0.1, 0.15) is 18.8 Å². The second-order valence-electron chi connectivity index (χ2n) is 4.49. The molecule has 2 rings (SSSR count). The van der Waals surface area contributed by atoms with Crippen LogP contribution in [0.2, 0.25) is 0 Å². The van der Waals surface area contributed by atoms with Gasteiger partial charge in [-0.3, -0.25) is 9.69 Å². The van der Waals surface area contributed by atoms with Gasteiger partial charge in [0, 0.05) is 19.4 Å². The number of aliphatic hydroxyl groups is 1. The van der Waals surface area contributed by atoms with Crippen LogP contribution in [0.5, 0.6) is 0 Å². The molecule has 17 heavy (non-hydrogen) atoms. The summed E-state index contributed by atoms with van der Waals surface area (Å²) in [5, 5.41) is 10.1. The molecule has 0 radical (unpaired) electrons. The number of hydrogen-bond acceptors (Lipinski definition) is 5. The van der Waals surface area contributed by atoms with Crippen molar-refractivity contribution < 1.29 is 24.2 Å². The highest BCUT2D eigenvalue weighted by atomic mass is 16.6. The van der Waals surface area contributed by atoms with E-state index in [1.807, 2.05) is 6.92 Å². The third-order valence-electron chi connectivity index (χ3n) is 3.41. The Morgan fingerprint density at radius 3 is 2.94 bits per heavy atom. The van der Waals surface area contributed by atoms with E-state index in [0.29, 0.717) is 6.42 Å². The van der Waals surface area contributed by atoms with Crippen molar-refractivity contribution in [3.8, 4) is 0 Å². The topological polar surface area (TPSA) is 76.1 Å². The molecule has 0 spiro atoms. The van der Waals surface area contributed by atoms with Gasteiger partial charge in [0.25, 0.3) is 0 Å². The normalized spacial score (nSPS) is 36.4. The van der Waals surface area contributed by atoms with Gasteiger partial charge in [-0.1, -0.05) is 6.92 Å². The molecule has 0 aromatic carbocycles. The van der Waals surface area contributed by atoms with Gasteiger partial charge in [0.05, 0.1) is 6.04 Å². The van der Waals surface area contributed by atoms with E-state index in [4.69, 9.17) is 9.47 Å². The SMILES string of the molecule is CC[C@@H]1C[C@H](OC(C)=O)[C@@H](O)[C@H]2COC(=O)N12. The summed E-state index contributed by atoms with van der Waals surface area (Å²) in [6.07, 6.45) is -0.595. The Morgan fingerprint density at radius 1 is 1.65 bits per heavy atom. The highest BCUT2D eigenvalue weighted by Gasteiger charge is 2.49. The minimum Gasteiger partial charge on any atom is -0.460 e. The third kappa shape index (κ3) is 2.09. The lowest BCUT2D eigenvalue weighted by Gasteiger charge is -2.41. The number of carbonyl (C=O) groups is 2. The summed E-state index contributed by atoms with van der Waals surface area (Å²) in [4.78, 5) is 24.1. The number of rotatable bonds is 2. The van der Waals surface area contributed by atoms with Crippen LogP contribution in [-0.4, -0.2) is 53.0 Å². The molecule has 96 valence electrons. The second-order valence-corrected chi connectivity index (χ2v) is 4.49. The maximum Gasteiger partial charge on any atom is 0.410 e. The number of fused-ring (bicyclic) bond motifs is 1. The minimum atomic E-state index is -0.867. The lowest BCUT2D eigenvalue weighted by atomic mass is 9.90. The van der Waals surface area contributed by atoms with Crippen molar-refractivity contribution >= 4 is 12.1 Å². The Bertz CT molecular complexity index is 332. The van der Waals surface area contributed by atoms with Gasteiger partial charge in [-0.2, -0.15) is 0 Å². The number of nitrogens with zero attached hydrogens (tertiary/aromatic N) is 1. The first-order valence-electron chi connectivity index (χ1n) is 5.85. The summed E-state index contributed by atoms with van der Waals surface area (Å²) in [6.45, 7) is 3.43. The lowest BCUT2D eigenvalue weighted by molar-refractivity contribution is -0.161. The van der Waals surface area contributed by atoms with Gasteiger partial charge in [-0.05, 0) is 6.42 Å². The van der Waals surface area contributed by atoms with Crippen molar-refractivity contribution in [2.75, 3.05) is 6.61 Å². The summed E-state index contributed by atoms with van der Waals surface area (Å²) in [5.74, 6) is -0.414. The Kier molecular flexibility index (Phi) is 3.24. The van der Waals surface area contributed by atoms with Crippen LogP contribution in [0.4, 0.5) is 4.79 Å². The fourth-order valence-corrected chi connectivity index (χ4v) is 2.59. The number of esters is 1. The van der Waals surface area contributed by atoms with E-state index in [-0.39, 0.29) is 18.7 Å². The van der Waals surface area contributed by atoms with E-state index >= 15 is 0 Å². The molecule has 0 saturated carbocycles. The minimum absolute atomic E-state index is 0.0391. The fraction of sp³-hybridized carbons (Fsp3) is 0.818. The maximum atomic E-state index is 11.5. The molecule has 2 aliphatic rings. The molecule has 2 heterocycles. The molecule has 0 aromatic rings. The molecular formula is C11H17NO5. The molecule has 0 unspecified atom stereocenters. The zero-order valence-corrected chi connectivity index (χ0v) is 9.96. The number of hydrogen-bond donors (Lipinski definition) is 1. The molecular weight excluding hydrogens is 226 g/mol. The van der Waals surface area contributed by atoms with Gasteiger partial charge < -0.3 is 14.6 Å². The van der Waals surface area contributed by atoms with Crippen molar-refractivity contribution in [3.63, 3.8) is 0 Å². The third-order valence-corrected chi connectivity index (χ3v) is 3.41. The summed E-state index contributed by atoms with van der Waals surface area (Å²) < 4.78 is 10.0. The lowest BCUT2D eigenvalue weighted by Crippen LogP contribution is -2.58. The Labute approximate surface area is 99.5 Å². The first-order valence-corrected chi connectivity index (χ1v) is 5.85. The van der Waals surface area contributed by atoms with Crippen LogP contribution >= 0.6 is 0 Å². The Hall–Kier alpha value is -1.30.